The van der Waals surface area contributed by atoms with E-state index < -0.39 is 6.61 Å². The molecule has 0 radical (unpaired) electrons. The monoisotopic (exact) mass is 413 g/mol. The second kappa shape index (κ2) is 13.3. The van der Waals surface area contributed by atoms with Crippen LogP contribution in [0, 0.1) is 5.92 Å². The largest absolute Gasteiger partial charge is 0.435 e. The van der Waals surface area contributed by atoms with Gasteiger partial charge in [-0.25, -0.2) is 0 Å². The van der Waals surface area contributed by atoms with Gasteiger partial charge in [-0.3, -0.25) is 4.99 Å². The van der Waals surface area contributed by atoms with Crippen LogP contribution in [0.2, 0.25) is 0 Å². The molecular weight excluding hydrogens is 380 g/mol. The molecule has 1 saturated heterocycles. The molecule has 1 fully saturated rings. The van der Waals surface area contributed by atoms with Gasteiger partial charge in [-0.1, -0.05) is 12.1 Å². The first kappa shape index (κ1) is 23.3. The lowest BCUT2D eigenvalue weighted by molar-refractivity contribution is -0.0498. The lowest BCUT2D eigenvalue weighted by atomic mass is 10.0. The van der Waals surface area contributed by atoms with Crippen LogP contribution in [0.5, 0.6) is 5.75 Å². The normalized spacial score (nSPS) is 15.6. The maximum atomic E-state index is 12.2. The van der Waals surface area contributed by atoms with Crippen LogP contribution < -0.4 is 10.1 Å². The molecule has 2 rings (SSSR count). The summed E-state index contributed by atoms with van der Waals surface area (Å²) in [4.78, 5) is 6.67. The number of aliphatic imine (C=N–C) groups is 1. The van der Waals surface area contributed by atoms with Crippen molar-refractivity contribution >= 4 is 5.96 Å². The van der Waals surface area contributed by atoms with Crippen molar-refractivity contribution in [3.05, 3.63) is 29.8 Å². The molecule has 1 aromatic rings. The van der Waals surface area contributed by atoms with Gasteiger partial charge in [-0.05, 0) is 49.8 Å². The molecule has 8 heteroatoms. The number of hydrogen-bond acceptors (Lipinski definition) is 4. The Morgan fingerprint density at radius 1 is 1.28 bits per heavy atom. The van der Waals surface area contributed by atoms with E-state index in [1.807, 2.05) is 18.9 Å². The smallest absolute Gasteiger partial charge is 0.387 e. The van der Waals surface area contributed by atoms with Crippen molar-refractivity contribution < 1.29 is 23.0 Å². The lowest BCUT2D eigenvalue weighted by Crippen LogP contribution is -2.38. The van der Waals surface area contributed by atoms with Crippen molar-refractivity contribution in [2.45, 2.75) is 39.3 Å². The second-order valence-corrected chi connectivity index (χ2v) is 7.10. The van der Waals surface area contributed by atoms with Crippen molar-refractivity contribution in [2.75, 3.05) is 46.6 Å². The first-order valence-electron chi connectivity index (χ1n) is 10.3. The molecule has 1 aliphatic rings. The third kappa shape index (κ3) is 9.41. The van der Waals surface area contributed by atoms with Gasteiger partial charge in [0.1, 0.15) is 5.75 Å². The van der Waals surface area contributed by atoms with Crippen molar-refractivity contribution in [3.63, 3.8) is 0 Å². The van der Waals surface area contributed by atoms with Gasteiger partial charge in [0.2, 0.25) is 0 Å². The van der Waals surface area contributed by atoms with E-state index >= 15 is 0 Å². The van der Waals surface area contributed by atoms with E-state index in [1.165, 1.54) is 0 Å². The Hall–Kier alpha value is -1.93. The van der Waals surface area contributed by atoms with Gasteiger partial charge in [0.15, 0.2) is 5.96 Å². The van der Waals surface area contributed by atoms with Crippen LogP contribution in [0.4, 0.5) is 8.78 Å². The fourth-order valence-corrected chi connectivity index (χ4v) is 3.11. The van der Waals surface area contributed by atoms with E-state index in [4.69, 9.17) is 9.47 Å². The topological polar surface area (TPSA) is 55.3 Å². The molecule has 1 aromatic carbocycles. The number of nitrogens with zero attached hydrogens (tertiary/aromatic N) is 2. The van der Waals surface area contributed by atoms with Crippen LogP contribution in [-0.2, 0) is 16.0 Å². The molecule has 0 unspecified atom stereocenters. The summed E-state index contributed by atoms with van der Waals surface area (Å²) in [5.41, 5.74) is 0.986. The summed E-state index contributed by atoms with van der Waals surface area (Å²) >= 11 is 0. The van der Waals surface area contributed by atoms with Gasteiger partial charge in [0.25, 0.3) is 0 Å². The first-order valence-corrected chi connectivity index (χ1v) is 10.3. The molecule has 0 aromatic heterocycles. The Bertz CT molecular complexity index is 593. The van der Waals surface area contributed by atoms with Gasteiger partial charge in [-0.2, -0.15) is 8.78 Å². The van der Waals surface area contributed by atoms with E-state index in [-0.39, 0.29) is 5.75 Å². The summed E-state index contributed by atoms with van der Waals surface area (Å²) in [6.45, 7) is 4.48. The van der Waals surface area contributed by atoms with Crippen LogP contribution >= 0.6 is 0 Å². The summed E-state index contributed by atoms with van der Waals surface area (Å²) in [6.07, 6.45) is 3.04. The second-order valence-electron chi connectivity index (χ2n) is 7.10. The van der Waals surface area contributed by atoms with Crippen LogP contribution in [0.3, 0.4) is 0 Å². The van der Waals surface area contributed by atoms with Crippen molar-refractivity contribution in [3.8, 4) is 5.75 Å². The molecule has 0 amide bonds. The molecule has 0 aliphatic carbocycles. The highest BCUT2D eigenvalue weighted by molar-refractivity contribution is 5.79. The first-order chi connectivity index (χ1) is 14.1. The fraction of sp³-hybridized carbons (Fsp3) is 0.667. The third-order valence-corrected chi connectivity index (χ3v) is 4.67. The van der Waals surface area contributed by atoms with E-state index in [1.54, 1.807) is 24.3 Å². The van der Waals surface area contributed by atoms with Gasteiger partial charge in [0.05, 0.1) is 0 Å². The van der Waals surface area contributed by atoms with Crippen molar-refractivity contribution in [2.24, 2.45) is 10.9 Å². The number of guanidine groups is 1. The Morgan fingerprint density at radius 2 is 2.00 bits per heavy atom. The van der Waals surface area contributed by atoms with Crippen LogP contribution in [0.1, 0.15) is 31.7 Å². The standard InChI is InChI=1S/C21H33F2N3O3/c1-3-24-21(25-11-4-12-28-16-18-9-13-27-14-10-18)26(2)15-17-5-7-19(8-6-17)29-20(22)23/h5-8,18,20H,3-4,9-16H2,1-2H3,(H,24,25). The summed E-state index contributed by atoms with van der Waals surface area (Å²) in [7, 11) is 1.95. The highest BCUT2D eigenvalue weighted by Crippen LogP contribution is 2.16. The minimum absolute atomic E-state index is 0.160. The van der Waals surface area contributed by atoms with Gasteiger partial charge in [0, 0.05) is 53.1 Å². The average molecular weight is 414 g/mol. The van der Waals surface area contributed by atoms with Crippen molar-refractivity contribution in [1.82, 2.24) is 10.2 Å². The highest BCUT2D eigenvalue weighted by Gasteiger charge is 2.13. The molecule has 6 nitrogen and oxygen atoms in total. The van der Waals surface area contributed by atoms with Crippen LogP contribution in [-0.4, -0.2) is 64.0 Å². The number of rotatable bonds is 11. The number of nitrogens with one attached hydrogen (secondary N) is 1. The maximum absolute atomic E-state index is 12.2. The van der Waals surface area contributed by atoms with E-state index in [2.05, 4.69) is 15.0 Å². The van der Waals surface area contributed by atoms with Gasteiger partial charge in [-0.15, -0.1) is 0 Å². The van der Waals surface area contributed by atoms with Gasteiger partial charge < -0.3 is 24.4 Å². The molecule has 1 heterocycles. The SMILES string of the molecule is CCNC(=NCCCOCC1CCOCC1)N(C)Cc1ccc(OC(F)F)cc1. The highest BCUT2D eigenvalue weighted by atomic mass is 19.3. The molecule has 0 spiro atoms. The molecule has 164 valence electrons. The van der Waals surface area contributed by atoms with E-state index in [9.17, 15) is 8.78 Å². The molecule has 29 heavy (non-hydrogen) atoms. The Morgan fingerprint density at radius 3 is 2.66 bits per heavy atom. The predicted octanol–water partition coefficient (Wildman–Crippen LogP) is 3.52. The Labute approximate surface area is 172 Å². The summed E-state index contributed by atoms with van der Waals surface area (Å²) in [5, 5.41) is 3.28. The van der Waals surface area contributed by atoms with Crippen molar-refractivity contribution in [1.29, 1.82) is 0 Å². The molecule has 1 N–H and O–H groups in total. The Balaban J connectivity index is 1.73. The third-order valence-electron chi connectivity index (χ3n) is 4.67. The minimum Gasteiger partial charge on any atom is -0.435 e. The minimum atomic E-state index is -2.81. The maximum Gasteiger partial charge on any atom is 0.387 e. The molecule has 0 bridgehead atoms. The molecule has 1 aliphatic heterocycles. The predicted molar refractivity (Wildman–Crippen MR) is 109 cm³/mol. The number of hydrogen-bond donors (Lipinski definition) is 1. The van der Waals surface area contributed by atoms with Crippen LogP contribution in [0.15, 0.2) is 29.3 Å². The van der Waals surface area contributed by atoms with E-state index in [0.29, 0.717) is 25.6 Å². The zero-order valence-electron chi connectivity index (χ0n) is 17.4. The fourth-order valence-electron chi connectivity index (χ4n) is 3.11. The Kier molecular flexibility index (Phi) is 10.7. The quantitative estimate of drug-likeness (QED) is 0.342. The zero-order valence-corrected chi connectivity index (χ0v) is 17.4. The average Bonchev–Trinajstić information content (AvgIpc) is 2.71. The lowest BCUT2D eigenvalue weighted by Gasteiger charge is -2.22. The number of alkyl halides is 2. The summed E-state index contributed by atoms with van der Waals surface area (Å²) < 4.78 is 40.0. The van der Waals surface area contributed by atoms with Gasteiger partial charge >= 0.3 is 6.61 Å². The summed E-state index contributed by atoms with van der Waals surface area (Å²) in [6, 6.07) is 6.66. The molecule has 0 saturated carbocycles. The number of halogens is 2. The van der Waals surface area contributed by atoms with Crippen LogP contribution in [0.25, 0.3) is 0 Å². The number of benzene rings is 1. The van der Waals surface area contributed by atoms with E-state index in [0.717, 1.165) is 57.2 Å². The molecular formula is C21H33F2N3O3. The zero-order chi connectivity index (χ0) is 20.9. The molecule has 0 atom stereocenters. The summed E-state index contributed by atoms with van der Waals surface area (Å²) in [5.74, 6) is 1.59. The number of ether oxygens (including phenoxy) is 3.